The van der Waals surface area contributed by atoms with Crippen LogP contribution in [0.3, 0.4) is 0 Å². The second-order valence-electron chi connectivity index (χ2n) is 4.91. The third-order valence-electron chi connectivity index (χ3n) is 2.83. The SMILES string of the molecule is Cc1ccc(CCNC(=O)N[C@@H](C)C(=O)N(C)C)cn1. The minimum atomic E-state index is -0.536. The summed E-state index contributed by atoms with van der Waals surface area (Å²) in [7, 11) is 3.31. The molecule has 0 fully saturated rings. The molecule has 6 nitrogen and oxygen atoms in total. The number of aromatic nitrogens is 1. The van der Waals surface area contributed by atoms with Crippen molar-refractivity contribution in [3.63, 3.8) is 0 Å². The molecule has 0 aromatic carbocycles. The molecule has 0 aliphatic heterocycles. The van der Waals surface area contributed by atoms with Gasteiger partial charge >= 0.3 is 6.03 Å². The number of aryl methyl sites for hydroxylation is 1. The lowest BCUT2D eigenvalue weighted by molar-refractivity contribution is -0.130. The van der Waals surface area contributed by atoms with E-state index in [1.54, 1.807) is 27.2 Å². The standard InChI is InChI=1S/C14H22N4O2/c1-10-5-6-12(9-16-10)7-8-15-14(20)17-11(2)13(19)18(3)4/h5-6,9,11H,7-8H2,1-4H3,(H2,15,17,20)/t11-/m0/s1. The van der Waals surface area contributed by atoms with Gasteiger partial charge in [0, 0.05) is 32.5 Å². The summed E-state index contributed by atoms with van der Waals surface area (Å²) in [6.45, 7) is 4.09. The zero-order chi connectivity index (χ0) is 15.1. The van der Waals surface area contributed by atoms with E-state index in [0.717, 1.165) is 11.3 Å². The number of hydrogen-bond donors (Lipinski definition) is 2. The van der Waals surface area contributed by atoms with E-state index in [-0.39, 0.29) is 11.9 Å². The molecule has 3 amide bonds. The maximum atomic E-state index is 11.6. The molecule has 0 spiro atoms. The first-order valence-corrected chi connectivity index (χ1v) is 6.57. The van der Waals surface area contributed by atoms with Crippen molar-refractivity contribution >= 4 is 11.9 Å². The van der Waals surface area contributed by atoms with Crippen LogP contribution in [0.2, 0.25) is 0 Å². The van der Waals surface area contributed by atoms with Crippen molar-refractivity contribution in [1.82, 2.24) is 20.5 Å². The molecular formula is C14H22N4O2. The van der Waals surface area contributed by atoms with Crippen LogP contribution >= 0.6 is 0 Å². The molecular weight excluding hydrogens is 256 g/mol. The fourth-order valence-electron chi connectivity index (χ4n) is 1.66. The van der Waals surface area contributed by atoms with Gasteiger partial charge in [0.1, 0.15) is 6.04 Å². The summed E-state index contributed by atoms with van der Waals surface area (Å²) >= 11 is 0. The third kappa shape index (κ3) is 5.26. The monoisotopic (exact) mass is 278 g/mol. The first-order valence-electron chi connectivity index (χ1n) is 6.57. The zero-order valence-electron chi connectivity index (χ0n) is 12.4. The highest BCUT2D eigenvalue weighted by Gasteiger charge is 2.16. The average molecular weight is 278 g/mol. The number of carbonyl (C=O) groups excluding carboxylic acids is 2. The molecule has 20 heavy (non-hydrogen) atoms. The molecule has 1 heterocycles. The minimum Gasteiger partial charge on any atom is -0.347 e. The Morgan fingerprint density at radius 3 is 2.60 bits per heavy atom. The summed E-state index contributed by atoms with van der Waals surface area (Å²) in [6.07, 6.45) is 2.50. The van der Waals surface area contributed by atoms with E-state index in [9.17, 15) is 9.59 Å². The van der Waals surface area contributed by atoms with Crippen LogP contribution in [-0.2, 0) is 11.2 Å². The van der Waals surface area contributed by atoms with E-state index in [4.69, 9.17) is 0 Å². The van der Waals surface area contributed by atoms with Crippen LogP contribution in [0, 0.1) is 6.92 Å². The highest BCUT2D eigenvalue weighted by Crippen LogP contribution is 1.99. The highest BCUT2D eigenvalue weighted by molar-refractivity contribution is 5.86. The molecule has 0 saturated carbocycles. The number of nitrogens with zero attached hydrogens (tertiary/aromatic N) is 2. The summed E-state index contributed by atoms with van der Waals surface area (Å²) in [5.41, 5.74) is 2.03. The lowest BCUT2D eigenvalue weighted by Crippen LogP contribution is -2.48. The third-order valence-corrected chi connectivity index (χ3v) is 2.83. The molecule has 1 rings (SSSR count). The lowest BCUT2D eigenvalue weighted by atomic mass is 10.2. The van der Waals surface area contributed by atoms with Crippen molar-refractivity contribution in [2.45, 2.75) is 26.3 Å². The van der Waals surface area contributed by atoms with Gasteiger partial charge in [0.15, 0.2) is 0 Å². The van der Waals surface area contributed by atoms with Crippen LogP contribution < -0.4 is 10.6 Å². The second-order valence-corrected chi connectivity index (χ2v) is 4.91. The number of pyridine rings is 1. The molecule has 1 atom stereocenters. The fourth-order valence-corrected chi connectivity index (χ4v) is 1.66. The molecule has 6 heteroatoms. The van der Waals surface area contributed by atoms with Gasteiger partial charge in [0.25, 0.3) is 0 Å². The van der Waals surface area contributed by atoms with Crippen LogP contribution in [0.5, 0.6) is 0 Å². The van der Waals surface area contributed by atoms with Crippen molar-refractivity contribution < 1.29 is 9.59 Å². The number of likely N-dealkylation sites (N-methyl/N-ethyl adjacent to an activating group) is 1. The molecule has 0 radical (unpaired) electrons. The average Bonchev–Trinajstić information content (AvgIpc) is 2.39. The lowest BCUT2D eigenvalue weighted by Gasteiger charge is -2.18. The zero-order valence-corrected chi connectivity index (χ0v) is 12.4. The quantitative estimate of drug-likeness (QED) is 0.833. The van der Waals surface area contributed by atoms with Crippen molar-refractivity contribution in [2.24, 2.45) is 0 Å². The number of rotatable bonds is 5. The topological polar surface area (TPSA) is 74.3 Å². The first-order chi connectivity index (χ1) is 9.40. The molecule has 1 aromatic rings. The van der Waals surface area contributed by atoms with Gasteiger partial charge in [-0.05, 0) is 31.9 Å². The van der Waals surface area contributed by atoms with Gasteiger partial charge in [-0.15, -0.1) is 0 Å². The van der Waals surface area contributed by atoms with Gasteiger partial charge in [-0.25, -0.2) is 4.79 Å². The van der Waals surface area contributed by atoms with E-state index in [1.807, 2.05) is 19.1 Å². The van der Waals surface area contributed by atoms with Gasteiger partial charge in [0.2, 0.25) is 5.91 Å². The number of amides is 3. The van der Waals surface area contributed by atoms with Gasteiger partial charge in [-0.2, -0.15) is 0 Å². The Morgan fingerprint density at radius 1 is 1.35 bits per heavy atom. The summed E-state index contributed by atoms with van der Waals surface area (Å²) in [5.74, 6) is -0.136. The van der Waals surface area contributed by atoms with E-state index in [2.05, 4.69) is 15.6 Å². The van der Waals surface area contributed by atoms with Crippen LogP contribution in [0.15, 0.2) is 18.3 Å². The van der Waals surface area contributed by atoms with Crippen LogP contribution in [0.1, 0.15) is 18.2 Å². The Kier molecular flexibility index (Phi) is 5.96. The number of carbonyl (C=O) groups is 2. The largest absolute Gasteiger partial charge is 0.347 e. The molecule has 0 saturated heterocycles. The Bertz CT molecular complexity index is 457. The second kappa shape index (κ2) is 7.47. The molecule has 2 N–H and O–H groups in total. The van der Waals surface area contributed by atoms with Crippen molar-refractivity contribution in [2.75, 3.05) is 20.6 Å². The molecule has 1 aromatic heterocycles. The molecule has 110 valence electrons. The predicted octanol–water partition coefficient (Wildman–Crippen LogP) is 0.708. The van der Waals surface area contributed by atoms with Crippen LogP contribution in [-0.4, -0.2) is 48.5 Å². The summed E-state index contributed by atoms with van der Waals surface area (Å²) in [4.78, 5) is 28.8. The van der Waals surface area contributed by atoms with Crippen molar-refractivity contribution in [1.29, 1.82) is 0 Å². The van der Waals surface area contributed by atoms with Gasteiger partial charge in [-0.3, -0.25) is 9.78 Å². The Morgan fingerprint density at radius 2 is 2.05 bits per heavy atom. The van der Waals surface area contributed by atoms with Crippen molar-refractivity contribution in [3.05, 3.63) is 29.6 Å². The summed E-state index contributed by atoms with van der Waals surface area (Å²) < 4.78 is 0. The fraction of sp³-hybridized carbons (Fsp3) is 0.500. The highest BCUT2D eigenvalue weighted by atomic mass is 16.2. The van der Waals surface area contributed by atoms with E-state index in [1.165, 1.54) is 4.90 Å². The minimum absolute atomic E-state index is 0.136. The van der Waals surface area contributed by atoms with Crippen LogP contribution in [0.4, 0.5) is 4.79 Å². The Balaban J connectivity index is 2.30. The summed E-state index contributed by atoms with van der Waals surface area (Å²) in [5, 5.41) is 5.32. The van der Waals surface area contributed by atoms with Gasteiger partial charge in [0.05, 0.1) is 0 Å². The molecule has 0 aliphatic rings. The number of urea groups is 1. The molecule has 0 aliphatic carbocycles. The van der Waals surface area contributed by atoms with Gasteiger partial charge < -0.3 is 15.5 Å². The summed E-state index contributed by atoms with van der Waals surface area (Å²) in [6, 6.07) is 3.05. The van der Waals surface area contributed by atoms with Gasteiger partial charge in [-0.1, -0.05) is 6.07 Å². The van der Waals surface area contributed by atoms with E-state index in [0.29, 0.717) is 13.0 Å². The number of nitrogens with one attached hydrogen (secondary N) is 2. The first kappa shape index (κ1) is 15.9. The number of hydrogen-bond acceptors (Lipinski definition) is 3. The van der Waals surface area contributed by atoms with E-state index < -0.39 is 6.04 Å². The predicted molar refractivity (Wildman–Crippen MR) is 77.4 cm³/mol. The Labute approximate surface area is 119 Å². The Hall–Kier alpha value is -2.11. The normalized spacial score (nSPS) is 11.6. The van der Waals surface area contributed by atoms with Crippen molar-refractivity contribution in [3.8, 4) is 0 Å². The maximum absolute atomic E-state index is 11.6. The molecule has 0 unspecified atom stereocenters. The molecule has 0 bridgehead atoms. The van der Waals surface area contributed by atoms with E-state index >= 15 is 0 Å². The van der Waals surface area contributed by atoms with Crippen LogP contribution in [0.25, 0.3) is 0 Å². The smallest absolute Gasteiger partial charge is 0.315 e. The maximum Gasteiger partial charge on any atom is 0.315 e.